The van der Waals surface area contributed by atoms with E-state index in [1.165, 1.54) is 47.4 Å². The van der Waals surface area contributed by atoms with Crippen molar-refractivity contribution in [2.75, 3.05) is 41.3 Å². The van der Waals surface area contributed by atoms with Crippen molar-refractivity contribution < 1.29 is 30.8 Å². The molecule has 0 spiro atoms. The highest BCUT2D eigenvalue weighted by Gasteiger charge is 2.39. The van der Waals surface area contributed by atoms with Crippen molar-refractivity contribution in [2.45, 2.75) is 74.5 Å². The summed E-state index contributed by atoms with van der Waals surface area (Å²) in [4.78, 5) is 4.76. The van der Waals surface area contributed by atoms with Crippen LogP contribution in [0.25, 0.3) is 0 Å². The highest BCUT2D eigenvalue weighted by molar-refractivity contribution is 8.13. The number of rotatable bonds is 13. The predicted octanol–water partition coefficient (Wildman–Crippen LogP) is 9.33. The van der Waals surface area contributed by atoms with Crippen molar-refractivity contribution in [3.63, 3.8) is 0 Å². The highest BCUT2D eigenvalue weighted by Crippen LogP contribution is 2.46. The van der Waals surface area contributed by atoms with Gasteiger partial charge in [-0.25, -0.2) is 21.6 Å². The van der Waals surface area contributed by atoms with Gasteiger partial charge in [-0.15, -0.1) is 11.8 Å². The van der Waals surface area contributed by atoms with Crippen molar-refractivity contribution in [3.05, 3.63) is 106 Å². The average molecular weight is 763 g/mol. The molecule has 0 radical (unpaired) electrons. The van der Waals surface area contributed by atoms with Crippen molar-refractivity contribution in [2.24, 2.45) is 10.9 Å². The lowest BCUT2D eigenvalue weighted by molar-refractivity contribution is -0.870. The fourth-order valence-corrected chi connectivity index (χ4v) is 9.98. The van der Waals surface area contributed by atoms with Crippen LogP contribution in [-0.4, -0.2) is 69.6 Å². The maximum atomic E-state index is 15.8. The fourth-order valence-electron chi connectivity index (χ4n) is 6.77. The lowest BCUT2D eigenvalue weighted by Gasteiger charge is -2.35. The molecule has 1 aliphatic carbocycles. The number of ether oxygens (including phenoxy) is 1. The summed E-state index contributed by atoms with van der Waals surface area (Å²) in [7, 11) is 3.67. The molecule has 1 fully saturated rings. The lowest BCUT2D eigenvalue weighted by Crippen LogP contribution is -2.39. The Bertz CT molecular complexity index is 1880. The number of thioether (sulfide) groups is 1. The van der Waals surface area contributed by atoms with Crippen LogP contribution in [0.5, 0.6) is 5.75 Å². The van der Waals surface area contributed by atoms with Crippen molar-refractivity contribution >= 4 is 38.4 Å². The van der Waals surface area contributed by atoms with E-state index < -0.39 is 27.1 Å². The first-order valence-corrected chi connectivity index (χ1v) is 20.0. The van der Waals surface area contributed by atoms with Gasteiger partial charge in [0.2, 0.25) is 10.0 Å². The lowest BCUT2D eigenvalue weighted by atomic mass is 9.68. The van der Waals surface area contributed by atoms with E-state index in [1.807, 2.05) is 6.20 Å². The van der Waals surface area contributed by atoms with Crippen LogP contribution in [0.3, 0.4) is 0 Å². The normalized spacial score (nSPS) is 18.7. The predicted molar refractivity (Wildman–Crippen MR) is 202 cm³/mol. The summed E-state index contributed by atoms with van der Waals surface area (Å²) >= 11 is 7.98. The molecule has 6 nitrogen and oxygen atoms in total. The van der Waals surface area contributed by atoms with Crippen molar-refractivity contribution in [1.29, 1.82) is 0 Å². The minimum Gasteiger partial charge on any atom is -0.494 e. The summed E-state index contributed by atoms with van der Waals surface area (Å²) in [6, 6.07) is 13.6. The number of hydrogen-bond donors (Lipinski definition) is 0. The van der Waals surface area contributed by atoms with E-state index in [0.717, 1.165) is 51.7 Å². The average Bonchev–Trinajstić information content (AvgIpc) is 3.91. The number of aliphatic imine (C=N–C) groups is 1. The first kappa shape index (κ1) is 39.4. The van der Waals surface area contributed by atoms with Crippen LogP contribution in [-0.2, 0) is 21.2 Å². The molecule has 2 aliphatic rings. The van der Waals surface area contributed by atoms with Crippen LogP contribution in [0.4, 0.5) is 13.2 Å². The summed E-state index contributed by atoms with van der Waals surface area (Å²) in [5.41, 5.74) is 2.38. The third-order valence-corrected chi connectivity index (χ3v) is 13.3. The first-order valence-electron chi connectivity index (χ1n) is 17.2. The van der Waals surface area contributed by atoms with Gasteiger partial charge in [-0.1, -0.05) is 50.6 Å². The molecular formula is C39H48ClF3N3O3S2+. The Labute approximate surface area is 310 Å². The zero-order valence-electron chi connectivity index (χ0n) is 30.4. The molecule has 2 atom stereocenters. The topological polar surface area (TPSA) is 59.0 Å². The van der Waals surface area contributed by atoms with Gasteiger partial charge in [-0.2, -0.15) is 4.31 Å². The molecule has 12 heteroatoms. The Morgan fingerprint density at radius 1 is 1.02 bits per heavy atom. The number of benzene rings is 3. The molecule has 276 valence electrons. The van der Waals surface area contributed by atoms with Crippen LogP contribution in [0.2, 0.25) is 5.02 Å². The molecule has 51 heavy (non-hydrogen) atoms. The monoisotopic (exact) mass is 762 g/mol. The zero-order valence-corrected chi connectivity index (χ0v) is 32.7. The van der Waals surface area contributed by atoms with Gasteiger partial charge in [0.1, 0.15) is 11.6 Å². The van der Waals surface area contributed by atoms with E-state index in [2.05, 4.69) is 41.9 Å². The van der Waals surface area contributed by atoms with Crippen LogP contribution in [0.15, 0.2) is 76.3 Å². The maximum absolute atomic E-state index is 15.8. The number of nitrogens with zero attached hydrogens (tertiary/aromatic N) is 3. The molecule has 0 N–H and O–H groups in total. The molecule has 0 aromatic heterocycles. The highest BCUT2D eigenvalue weighted by atomic mass is 35.5. The van der Waals surface area contributed by atoms with Crippen LogP contribution in [0.1, 0.15) is 69.1 Å². The van der Waals surface area contributed by atoms with Gasteiger partial charge in [0.15, 0.2) is 11.6 Å². The molecule has 0 amide bonds. The molecule has 0 saturated heterocycles. The molecule has 5 rings (SSSR count). The second kappa shape index (κ2) is 15.6. The molecule has 3 aromatic carbocycles. The number of sulfonamides is 1. The van der Waals surface area contributed by atoms with Crippen LogP contribution in [0, 0.1) is 23.4 Å². The van der Waals surface area contributed by atoms with Gasteiger partial charge >= 0.3 is 0 Å². The second-order valence-corrected chi connectivity index (χ2v) is 18.4. The van der Waals surface area contributed by atoms with E-state index in [-0.39, 0.29) is 50.7 Å². The molecule has 1 aliphatic heterocycles. The van der Waals surface area contributed by atoms with Crippen LogP contribution < -0.4 is 4.74 Å². The number of allylic oxidation sites excluding steroid dienone is 1. The summed E-state index contributed by atoms with van der Waals surface area (Å²) in [6.45, 7) is 7.39. The van der Waals surface area contributed by atoms with Crippen LogP contribution >= 0.6 is 23.4 Å². The number of quaternary nitrogens is 1. The SMILES string of the molecule is COc1cc(C(C)(C)C2=CN=C(SCc3c(F)cc(S(=O)(=O)N(CCC[N+](C)(C)C)C4CC4)cc3Cl)CC(c3ccc(F)cc3)C2C)ccc1F. The van der Waals surface area contributed by atoms with Gasteiger partial charge in [-0.05, 0) is 77.8 Å². The summed E-state index contributed by atoms with van der Waals surface area (Å²) in [5, 5.41) is 0.770. The largest absolute Gasteiger partial charge is 0.494 e. The maximum Gasteiger partial charge on any atom is 0.243 e. The molecule has 1 saturated carbocycles. The van der Waals surface area contributed by atoms with E-state index >= 15 is 4.39 Å². The van der Waals surface area contributed by atoms with Gasteiger partial charge in [-0.3, -0.25) is 4.99 Å². The Kier molecular flexibility index (Phi) is 12.1. The summed E-state index contributed by atoms with van der Waals surface area (Å²) in [5.74, 6) is -1.36. The third-order valence-electron chi connectivity index (χ3n) is 9.99. The van der Waals surface area contributed by atoms with Gasteiger partial charge < -0.3 is 9.22 Å². The Hall–Kier alpha value is -2.83. The Morgan fingerprint density at radius 3 is 2.31 bits per heavy atom. The second-order valence-electron chi connectivity index (χ2n) is 15.1. The van der Waals surface area contributed by atoms with Crippen molar-refractivity contribution in [3.8, 4) is 5.75 Å². The molecule has 1 heterocycles. The third kappa shape index (κ3) is 9.22. The minimum absolute atomic E-state index is 0.0449. The quantitative estimate of drug-likeness (QED) is 0.163. The van der Waals surface area contributed by atoms with Gasteiger partial charge in [0.25, 0.3) is 0 Å². The van der Waals surface area contributed by atoms with Gasteiger partial charge in [0, 0.05) is 53.4 Å². The molecule has 3 aromatic rings. The number of halogens is 4. The molecule has 2 unspecified atom stereocenters. The number of methoxy groups -OCH3 is 1. The minimum atomic E-state index is -3.95. The number of hydrogen-bond acceptors (Lipinski definition) is 5. The summed E-state index contributed by atoms with van der Waals surface area (Å²) in [6.07, 6.45) is 4.61. The van der Waals surface area contributed by atoms with E-state index in [4.69, 9.17) is 21.3 Å². The molecular weight excluding hydrogens is 715 g/mol. The Balaban J connectivity index is 1.42. The molecule has 0 bridgehead atoms. The van der Waals surface area contributed by atoms with Gasteiger partial charge in [0.05, 0.1) is 44.7 Å². The summed E-state index contributed by atoms with van der Waals surface area (Å²) < 4.78 is 79.1. The van der Waals surface area contributed by atoms with E-state index in [1.54, 1.807) is 24.3 Å². The fraction of sp³-hybridized carbons (Fsp3) is 0.462. The smallest absolute Gasteiger partial charge is 0.243 e. The first-order chi connectivity index (χ1) is 23.9. The van der Waals surface area contributed by atoms with E-state index in [9.17, 15) is 17.2 Å². The van der Waals surface area contributed by atoms with E-state index in [0.29, 0.717) is 19.4 Å². The standard InChI is InChI=1S/C39H48ClF3N3O3S2/c1-25-31(26-9-12-28(41)13-10-26)22-38(44-23-33(25)39(2,3)27-11-16-35(42)37(19-27)49-7)50-24-32-34(40)20-30(21-36(32)43)51(47,48)45(29-14-15-29)17-8-18-46(4,5)6/h9-13,16,19-21,23,25,29,31H,8,14-15,17-18,22,24H2,1-7H3/q+1. The van der Waals surface area contributed by atoms with Crippen molar-refractivity contribution in [1.82, 2.24) is 4.31 Å². The Morgan fingerprint density at radius 2 is 1.71 bits per heavy atom. The zero-order chi connectivity index (χ0) is 37.3.